The van der Waals surface area contributed by atoms with E-state index in [-0.39, 0.29) is 11.7 Å². The fourth-order valence-corrected chi connectivity index (χ4v) is 4.49. The summed E-state index contributed by atoms with van der Waals surface area (Å²) in [6.45, 7) is 4.65. The molecule has 32 heavy (non-hydrogen) atoms. The van der Waals surface area contributed by atoms with E-state index in [4.69, 9.17) is 0 Å². The van der Waals surface area contributed by atoms with Crippen LogP contribution in [0.4, 0.5) is 0 Å². The Kier molecular flexibility index (Phi) is 7.07. The van der Waals surface area contributed by atoms with Crippen LogP contribution in [-0.2, 0) is 11.3 Å². The molecule has 0 saturated heterocycles. The van der Waals surface area contributed by atoms with Gasteiger partial charge in [0.15, 0.2) is 11.0 Å². The number of amides is 1. The van der Waals surface area contributed by atoms with E-state index in [1.807, 2.05) is 59.2 Å². The van der Waals surface area contributed by atoms with Crippen molar-refractivity contribution in [3.8, 4) is 17.1 Å². The molecular weight excluding hydrogens is 484 g/mol. The van der Waals surface area contributed by atoms with Crippen LogP contribution >= 0.6 is 27.7 Å². The van der Waals surface area contributed by atoms with E-state index >= 15 is 0 Å². The van der Waals surface area contributed by atoms with Gasteiger partial charge in [0.05, 0.1) is 11.4 Å². The first-order valence-corrected chi connectivity index (χ1v) is 12.0. The molecule has 0 atom stereocenters. The maximum atomic E-state index is 12.5. The lowest BCUT2D eigenvalue weighted by atomic mass is 10.1. The highest BCUT2D eigenvalue weighted by Crippen LogP contribution is 2.29. The second-order valence-electron chi connectivity index (χ2n) is 7.55. The minimum absolute atomic E-state index is 0.0426. The van der Waals surface area contributed by atoms with Crippen molar-refractivity contribution in [1.29, 1.82) is 0 Å². The fourth-order valence-electron chi connectivity index (χ4n) is 3.44. The van der Waals surface area contributed by atoms with Crippen LogP contribution in [0.2, 0.25) is 0 Å². The Labute approximate surface area is 200 Å². The highest BCUT2D eigenvalue weighted by atomic mass is 79.9. The summed E-state index contributed by atoms with van der Waals surface area (Å²) in [6, 6.07) is 24.2. The molecule has 0 aliphatic heterocycles. The average molecular weight is 507 g/mol. The molecule has 0 aliphatic carbocycles. The molecule has 1 aromatic heterocycles. The van der Waals surface area contributed by atoms with Gasteiger partial charge in [0, 0.05) is 16.6 Å². The van der Waals surface area contributed by atoms with Crippen LogP contribution < -0.4 is 5.32 Å². The number of hydrogen-bond acceptors (Lipinski definition) is 4. The van der Waals surface area contributed by atoms with Crippen molar-refractivity contribution in [2.75, 3.05) is 5.75 Å². The first kappa shape index (κ1) is 22.3. The van der Waals surface area contributed by atoms with Crippen molar-refractivity contribution < 1.29 is 4.79 Å². The maximum Gasteiger partial charge on any atom is 0.230 e. The molecule has 0 saturated carbocycles. The third-order valence-corrected chi connectivity index (χ3v) is 6.32. The van der Waals surface area contributed by atoms with Gasteiger partial charge in [-0.2, -0.15) is 0 Å². The number of aromatic nitrogens is 3. The summed E-state index contributed by atoms with van der Waals surface area (Å²) >= 11 is 4.87. The molecule has 7 heteroatoms. The molecule has 0 bridgehead atoms. The molecule has 0 fully saturated rings. The zero-order chi connectivity index (χ0) is 22.5. The van der Waals surface area contributed by atoms with E-state index in [0.717, 1.165) is 38.2 Å². The summed E-state index contributed by atoms with van der Waals surface area (Å²) in [5.74, 6) is 0.963. The lowest BCUT2D eigenvalue weighted by Crippen LogP contribution is -2.24. The molecule has 3 aromatic carbocycles. The van der Waals surface area contributed by atoms with Crippen LogP contribution in [0.1, 0.15) is 16.7 Å². The molecule has 1 N–H and O–H groups in total. The number of hydrogen-bond donors (Lipinski definition) is 1. The number of aryl methyl sites for hydroxylation is 2. The number of thioether (sulfide) groups is 1. The fraction of sp³-hybridized carbons (Fsp3) is 0.160. The molecule has 4 rings (SSSR count). The lowest BCUT2D eigenvalue weighted by molar-refractivity contribution is -0.118. The van der Waals surface area contributed by atoms with Crippen molar-refractivity contribution in [3.63, 3.8) is 0 Å². The van der Waals surface area contributed by atoms with E-state index in [0.29, 0.717) is 11.7 Å². The van der Waals surface area contributed by atoms with E-state index in [2.05, 4.69) is 63.5 Å². The van der Waals surface area contributed by atoms with Gasteiger partial charge in [0.2, 0.25) is 5.91 Å². The maximum absolute atomic E-state index is 12.5. The Balaban J connectivity index is 1.59. The van der Waals surface area contributed by atoms with Gasteiger partial charge in [-0.3, -0.25) is 9.36 Å². The standard InChI is InChI=1S/C25H23BrN4OS/c1-17-12-18(2)14-22(13-17)30-24(20-8-10-21(26)11-9-20)28-29-25(30)32-16-23(31)27-15-19-6-4-3-5-7-19/h3-14H,15-16H2,1-2H3,(H,27,31). The summed E-state index contributed by atoms with van der Waals surface area (Å²) in [4.78, 5) is 12.5. The molecule has 1 amide bonds. The molecule has 0 unspecified atom stereocenters. The highest BCUT2D eigenvalue weighted by molar-refractivity contribution is 9.10. The number of nitrogens with one attached hydrogen (secondary N) is 1. The van der Waals surface area contributed by atoms with Crippen LogP contribution in [-0.4, -0.2) is 26.4 Å². The quantitative estimate of drug-likeness (QED) is 0.325. The van der Waals surface area contributed by atoms with Crippen LogP contribution in [0.3, 0.4) is 0 Å². The lowest BCUT2D eigenvalue weighted by Gasteiger charge is -2.12. The van der Waals surface area contributed by atoms with Crippen LogP contribution in [0, 0.1) is 13.8 Å². The molecule has 4 aromatic rings. The van der Waals surface area contributed by atoms with Crippen molar-refractivity contribution >= 4 is 33.6 Å². The molecule has 0 aliphatic rings. The summed E-state index contributed by atoms with van der Waals surface area (Å²) in [5.41, 5.74) is 5.33. The zero-order valence-electron chi connectivity index (χ0n) is 17.9. The smallest absolute Gasteiger partial charge is 0.230 e. The first-order valence-electron chi connectivity index (χ1n) is 10.2. The largest absolute Gasteiger partial charge is 0.351 e. The predicted octanol–water partition coefficient (Wildman–Crippen LogP) is 5.72. The number of halogens is 1. The van der Waals surface area contributed by atoms with Crippen LogP contribution in [0.15, 0.2) is 82.4 Å². The molecule has 1 heterocycles. The zero-order valence-corrected chi connectivity index (χ0v) is 20.3. The van der Waals surface area contributed by atoms with Crippen molar-refractivity contribution in [1.82, 2.24) is 20.1 Å². The average Bonchev–Trinajstić information content (AvgIpc) is 3.21. The van der Waals surface area contributed by atoms with E-state index in [1.165, 1.54) is 11.8 Å². The Bertz CT molecular complexity index is 1200. The summed E-state index contributed by atoms with van der Waals surface area (Å²) in [5, 5.41) is 12.5. The van der Waals surface area contributed by atoms with Crippen LogP contribution in [0.5, 0.6) is 0 Å². The van der Waals surface area contributed by atoms with Gasteiger partial charge < -0.3 is 5.32 Å². The van der Waals surface area contributed by atoms with Crippen molar-refractivity contribution in [2.45, 2.75) is 25.5 Å². The van der Waals surface area contributed by atoms with E-state index in [1.54, 1.807) is 0 Å². The summed E-state index contributed by atoms with van der Waals surface area (Å²) < 4.78 is 3.03. The Morgan fingerprint density at radius 1 is 0.969 bits per heavy atom. The van der Waals surface area contributed by atoms with Gasteiger partial charge in [-0.1, -0.05) is 76.2 Å². The van der Waals surface area contributed by atoms with E-state index < -0.39 is 0 Å². The number of rotatable bonds is 7. The Morgan fingerprint density at radius 3 is 2.34 bits per heavy atom. The minimum atomic E-state index is -0.0426. The number of nitrogens with zero attached hydrogens (tertiary/aromatic N) is 3. The SMILES string of the molecule is Cc1cc(C)cc(-n2c(SCC(=O)NCc3ccccc3)nnc2-c2ccc(Br)cc2)c1. The monoisotopic (exact) mass is 506 g/mol. The summed E-state index contributed by atoms with van der Waals surface area (Å²) in [6.07, 6.45) is 0. The predicted molar refractivity (Wildman–Crippen MR) is 133 cm³/mol. The second-order valence-corrected chi connectivity index (χ2v) is 9.40. The van der Waals surface area contributed by atoms with Gasteiger partial charge in [-0.05, 0) is 54.8 Å². The minimum Gasteiger partial charge on any atom is -0.351 e. The normalized spacial score (nSPS) is 10.8. The van der Waals surface area contributed by atoms with Gasteiger partial charge in [0.25, 0.3) is 0 Å². The molecule has 0 spiro atoms. The molecule has 162 valence electrons. The molecule has 5 nitrogen and oxygen atoms in total. The summed E-state index contributed by atoms with van der Waals surface area (Å²) in [7, 11) is 0. The number of benzene rings is 3. The van der Waals surface area contributed by atoms with Gasteiger partial charge in [-0.15, -0.1) is 10.2 Å². The second kappa shape index (κ2) is 10.1. The van der Waals surface area contributed by atoms with Crippen LogP contribution in [0.25, 0.3) is 17.1 Å². The molecular formula is C25H23BrN4OS. The third kappa shape index (κ3) is 5.47. The Hall–Kier alpha value is -2.90. The number of carbonyl (C=O) groups excluding carboxylic acids is 1. The van der Waals surface area contributed by atoms with Gasteiger partial charge in [-0.25, -0.2) is 0 Å². The molecule has 0 radical (unpaired) electrons. The number of carbonyl (C=O) groups is 1. The highest BCUT2D eigenvalue weighted by Gasteiger charge is 2.18. The van der Waals surface area contributed by atoms with Crippen molar-refractivity contribution in [2.24, 2.45) is 0 Å². The van der Waals surface area contributed by atoms with E-state index in [9.17, 15) is 4.79 Å². The van der Waals surface area contributed by atoms with Gasteiger partial charge in [0.1, 0.15) is 0 Å². The van der Waals surface area contributed by atoms with Gasteiger partial charge >= 0.3 is 0 Å². The first-order chi connectivity index (χ1) is 15.5. The van der Waals surface area contributed by atoms with Crippen molar-refractivity contribution in [3.05, 3.63) is 94.0 Å². The topological polar surface area (TPSA) is 59.8 Å². The third-order valence-electron chi connectivity index (χ3n) is 4.87. The Morgan fingerprint density at radius 2 is 1.66 bits per heavy atom.